The summed E-state index contributed by atoms with van der Waals surface area (Å²) in [7, 11) is 0. The van der Waals surface area contributed by atoms with Crippen molar-refractivity contribution in [3.63, 3.8) is 0 Å². The summed E-state index contributed by atoms with van der Waals surface area (Å²) in [5, 5.41) is 9.86. The number of aliphatic hydroxyl groups excluding tert-OH is 1. The standard InChI is InChI=1S/C14H20ClNO/c1-11-4-5-13(9-14(11)15)16-7-2-3-12(10-16)6-8-17/h4-5,9,12,17H,2-3,6-8,10H2,1H3. The van der Waals surface area contributed by atoms with E-state index in [0.29, 0.717) is 12.5 Å². The second-order valence-corrected chi connectivity index (χ2v) is 5.31. The third kappa shape index (κ3) is 3.14. The third-order valence-electron chi connectivity index (χ3n) is 3.58. The van der Waals surface area contributed by atoms with Crippen molar-refractivity contribution in [3.05, 3.63) is 28.8 Å². The molecule has 1 aromatic carbocycles. The van der Waals surface area contributed by atoms with Gasteiger partial charge in [-0.2, -0.15) is 0 Å². The molecule has 2 nitrogen and oxygen atoms in total. The van der Waals surface area contributed by atoms with E-state index < -0.39 is 0 Å². The summed E-state index contributed by atoms with van der Waals surface area (Å²) in [5.74, 6) is 0.619. The number of aliphatic hydroxyl groups is 1. The van der Waals surface area contributed by atoms with Crippen molar-refractivity contribution in [2.45, 2.75) is 26.2 Å². The number of halogens is 1. The van der Waals surface area contributed by atoms with Gasteiger partial charge >= 0.3 is 0 Å². The number of hydrogen-bond donors (Lipinski definition) is 1. The van der Waals surface area contributed by atoms with Crippen LogP contribution in [-0.4, -0.2) is 24.8 Å². The maximum atomic E-state index is 9.02. The van der Waals surface area contributed by atoms with Gasteiger partial charge in [0.1, 0.15) is 0 Å². The van der Waals surface area contributed by atoms with Crippen molar-refractivity contribution >= 4 is 17.3 Å². The highest BCUT2D eigenvalue weighted by molar-refractivity contribution is 6.31. The zero-order chi connectivity index (χ0) is 12.3. The average molecular weight is 254 g/mol. The van der Waals surface area contributed by atoms with Gasteiger partial charge in [-0.05, 0) is 49.8 Å². The van der Waals surface area contributed by atoms with E-state index in [9.17, 15) is 0 Å². The quantitative estimate of drug-likeness (QED) is 0.894. The van der Waals surface area contributed by atoms with Crippen molar-refractivity contribution in [1.82, 2.24) is 0 Å². The van der Waals surface area contributed by atoms with Crippen LogP contribution in [0.1, 0.15) is 24.8 Å². The van der Waals surface area contributed by atoms with E-state index in [1.807, 2.05) is 6.92 Å². The van der Waals surface area contributed by atoms with Gasteiger partial charge in [0.05, 0.1) is 0 Å². The summed E-state index contributed by atoms with van der Waals surface area (Å²) in [6.07, 6.45) is 3.35. The summed E-state index contributed by atoms with van der Waals surface area (Å²) in [6, 6.07) is 6.27. The van der Waals surface area contributed by atoms with Crippen LogP contribution in [-0.2, 0) is 0 Å². The molecule has 1 aromatic rings. The summed E-state index contributed by atoms with van der Waals surface area (Å²) in [5.41, 5.74) is 2.34. The molecule has 3 heteroatoms. The molecule has 1 heterocycles. The number of rotatable bonds is 3. The highest BCUT2D eigenvalue weighted by Crippen LogP contribution is 2.28. The fourth-order valence-corrected chi connectivity index (χ4v) is 2.67. The van der Waals surface area contributed by atoms with Gasteiger partial charge in [0.2, 0.25) is 0 Å². The Morgan fingerprint density at radius 2 is 2.29 bits per heavy atom. The Bertz CT molecular complexity index is 378. The van der Waals surface area contributed by atoms with Crippen LogP contribution in [0.3, 0.4) is 0 Å². The lowest BCUT2D eigenvalue weighted by Crippen LogP contribution is -2.35. The lowest BCUT2D eigenvalue weighted by atomic mass is 9.95. The number of benzene rings is 1. The van der Waals surface area contributed by atoms with Crippen LogP contribution in [0.4, 0.5) is 5.69 Å². The van der Waals surface area contributed by atoms with Gasteiger partial charge < -0.3 is 10.0 Å². The number of piperidine rings is 1. The van der Waals surface area contributed by atoms with E-state index in [1.54, 1.807) is 0 Å². The fraction of sp³-hybridized carbons (Fsp3) is 0.571. The molecule has 1 unspecified atom stereocenters. The van der Waals surface area contributed by atoms with Crippen LogP contribution in [0.2, 0.25) is 5.02 Å². The van der Waals surface area contributed by atoms with Crippen molar-refractivity contribution in [3.8, 4) is 0 Å². The second-order valence-electron chi connectivity index (χ2n) is 4.90. The molecule has 0 spiro atoms. The molecule has 1 fully saturated rings. The molecule has 1 saturated heterocycles. The lowest BCUT2D eigenvalue weighted by molar-refractivity contribution is 0.244. The largest absolute Gasteiger partial charge is 0.396 e. The zero-order valence-electron chi connectivity index (χ0n) is 10.3. The Morgan fingerprint density at radius 3 is 3.00 bits per heavy atom. The number of nitrogens with zero attached hydrogens (tertiary/aromatic N) is 1. The normalized spacial score (nSPS) is 20.6. The number of hydrogen-bond acceptors (Lipinski definition) is 2. The third-order valence-corrected chi connectivity index (χ3v) is 3.98. The monoisotopic (exact) mass is 253 g/mol. The molecule has 1 aliphatic heterocycles. The van der Waals surface area contributed by atoms with Crippen molar-refractivity contribution in [2.75, 3.05) is 24.6 Å². The molecule has 0 aliphatic carbocycles. The Hall–Kier alpha value is -0.730. The smallest absolute Gasteiger partial charge is 0.0455 e. The summed E-state index contributed by atoms with van der Waals surface area (Å²) < 4.78 is 0. The first-order valence-electron chi connectivity index (χ1n) is 6.32. The van der Waals surface area contributed by atoms with Gasteiger partial charge in [-0.1, -0.05) is 17.7 Å². The highest BCUT2D eigenvalue weighted by atomic mass is 35.5. The van der Waals surface area contributed by atoms with Crippen LogP contribution in [0, 0.1) is 12.8 Å². The summed E-state index contributed by atoms with van der Waals surface area (Å²) >= 11 is 6.16. The van der Waals surface area contributed by atoms with Crippen LogP contribution >= 0.6 is 11.6 Å². The Labute approximate surface area is 108 Å². The molecular weight excluding hydrogens is 234 g/mol. The summed E-state index contributed by atoms with van der Waals surface area (Å²) in [4.78, 5) is 2.38. The molecule has 17 heavy (non-hydrogen) atoms. The Balaban J connectivity index is 2.08. The van der Waals surface area contributed by atoms with Gasteiger partial charge in [0, 0.05) is 30.4 Å². The van der Waals surface area contributed by atoms with Crippen molar-refractivity contribution in [1.29, 1.82) is 0 Å². The van der Waals surface area contributed by atoms with E-state index in [2.05, 4.69) is 23.1 Å². The predicted molar refractivity (Wildman–Crippen MR) is 72.8 cm³/mol. The molecular formula is C14H20ClNO. The molecule has 0 aromatic heterocycles. The Kier molecular flexibility index (Phi) is 4.30. The molecule has 1 N–H and O–H groups in total. The summed E-state index contributed by atoms with van der Waals surface area (Å²) in [6.45, 7) is 4.46. The maximum Gasteiger partial charge on any atom is 0.0455 e. The molecule has 1 aliphatic rings. The maximum absolute atomic E-state index is 9.02. The SMILES string of the molecule is Cc1ccc(N2CCCC(CCO)C2)cc1Cl. The first-order chi connectivity index (χ1) is 8.20. The minimum Gasteiger partial charge on any atom is -0.396 e. The topological polar surface area (TPSA) is 23.5 Å². The van der Waals surface area contributed by atoms with Gasteiger partial charge in [-0.15, -0.1) is 0 Å². The van der Waals surface area contributed by atoms with Gasteiger partial charge in [-0.25, -0.2) is 0 Å². The van der Waals surface area contributed by atoms with Gasteiger partial charge in [-0.3, -0.25) is 0 Å². The number of anilines is 1. The molecule has 94 valence electrons. The molecule has 0 bridgehead atoms. The van der Waals surface area contributed by atoms with E-state index in [-0.39, 0.29) is 0 Å². The minimum absolute atomic E-state index is 0.299. The zero-order valence-corrected chi connectivity index (χ0v) is 11.1. The molecule has 2 rings (SSSR count). The Morgan fingerprint density at radius 1 is 1.47 bits per heavy atom. The molecule has 0 saturated carbocycles. The van der Waals surface area contributed by atoms with E-state index in [0.717, 1.165) is 30.1 Å². The molecule has 0 amide bonds. The minimum atomic E-state index is 0.299. The first kappa shape index (κ1) is 12.7. The average Bonchev–Trinajstić information content (AvgIpc) is 2.33. The van der Waals surface area contributed by atoms with Crippen LogP contribution in [0.5, 0.6) is 0 Å². The van der Waals surface area contributed by atoms with Crippen LogP contribution in [0.25, 0.3) is 0 Å². The predicted octanol–water partition coefficient (Wildman–Crippen LogP) is 3.25. The fourth-order valence-electron chi connectivity index (χ4n) is 2.50. The highest BCUT2D eigenvalue weighted by Gasteiger charge is 2.19. The lowest BCUT2D eigenvalue weighted by Gasteiger charge is -2.34. The van der Waals surface area contributed by atoms with E-state index in [1.165, 1.54) is 18.5 Å². The number of aryl methyl sites for hydroxylation is 1. The van der Waals surface area contributed by atoms with Crippen molar-refractivity contribution in [2.24, 2.45) is 5.92 Å². The first-order valence-corrected chi connectivity index (χ1v) is 6.70. The van der Waals surface area contributed by atoms with E-state index in [4.69, 9.17) is 16.7 Å². The molecule has 0 radical (unpaired) electrons. The van der Waals surface area contributed by atoms with Crippen molar-refractivity contribution < 1.29 is 5.11 Å². The van der Waals surface area contributed by atoms with Gasteiger partial charge in [0.25, 0.3) is 0 Å². The second kappa shape index (κ2) is 5.74. The van der Waals surface area contributed by atoms with Crippen LogP contribution in [0.15, 0.2) is 18.2 Å². The van der Waals surface area contributed by atoms with Crippen LogP contribution < -0.4 is 4.90 Å². The molecule has 1 atom stereocenters. The van der Waals surface area contributed by atoms with E-state index >= 15 is 0 Å². The van der Waals surface area contributed by atoms with Gasteiger partial charge in [0.15, 0.2) is 0 Å².